The van der Waals surface area contributed by atoms with Gasteiger partial charge in [0.1, 0.15) is 15.6 Å². The molecule has 0 unspecified atom stereocenters. The van der Waals surface area contributed by atoms with E-state index in [1.165, 1.54) is 36.1 Å². The molecule has 0 radical (unpaired) electrons. The molecule has 7 nitrogen and oxygen atoms in total. The van der Waals surface area contributed by atoms with Crippen LogP contribution < -0.4 is 10.2 Å². The van der Waals surface area contributed by atoms with E-state index in [2.05, 4.69) is 15.2 Å². The Hall–Kier alpha value is -1.97. The summed E-state index contributed by atoms with van der Waals surface area (Å²) in [5, 5.41) is 4.51. The van der Waals surface area contributed by atoms with Crippen LogP contribution in [0.15, 0.2) is 34.7 Å². The van der Waals surface area contributed by atoms with Crippen molar-refractivity contribution in [1.29, 1.82) is 0 Å². The molecular formula is C21H28N4O3S2. The van der Waals surface area contributed by atoms with Crippen LogP contribution in [0.25, 0.3) is 0 Å². The topological polar surface area (TPSA) is 82.6 Å². The first-order chi connectivity index (χ1) is 14.6. The lowest BCUT2D eigenvalue weighted by Crippen LogP contribution is -2.30. The van der Waals surface area contributed by atoms with E-state index in [4.69, 9.17) is 0 Å². The van der Waals surface area contributed by atoms with Crippen molar-refractivity contribution in [3.63, 3.8) is 0 Å². The molecule has 1 N–H and O–H groups in total. The summed E-state index contributed by atoms with van der Waals surface area (Å²) < 4.78 is 27.2. The second-order valence-electron chi connectivity index (χ2n) is 7.83. The largest absolute Gasteiger partial charge is 0.357 e. The van der Waals surface area contributed by atoms with Crippen LogP contribution in [0, 0.1) is 0 Å². The molecule has 2 fully saturated rings. The van der Waals surface area contributed by atoms with Crippen LogP contribution in [-0.2, 0) is 16.6 Å². The average molecular weight is 449 g/mol. The van der Waals surface area contributed by atoms with Crippen LogP contribution in [0.5, 0.6) is 0 Å². The lowest BCUT2D eigenvalue weighted by Gasteiger charge is -2.21. The molecule has 0 atom stereocenters. The minimum Gasteiger partial charge on any atom is -0.357 e. The summed E-state index contributed by atoms with van der Waals surface area (Å²) in [7, 11) is -3.61. The Morgan fingerprint density at radius 1 is 1.00 bits per heavy atom. The first-order valence-corrected chi connectivity index (χ1v) is 12.9. The van der Waals surface area contributed by atoms with Crippen LogP contribution >= 0.6 is 11.3 Å². The second kappa shape index (κ2) is 9.45. The van der Waals surface area contributed by atoms with E-state index in [0.29, 0.717) is 19.6 Å². The third kappa shape index (κ3) is 4.68. The Morgan fingerprint density at radius 3 is 2.37 bits per heavy atom. The van der Waals surface area contributed by atoms with Crippen molar-refractivity contribution >= 4 is 33.1 Å². The predicted octanol–water partition coefficient (Wildman–Crippen LogP) is 3.24. The van der Waals surface area contributed by atoms with Crippen LogP contribution in [-0.4, -0.2) is 49.8 Å². The van der Waals surface area contributed by atoms with Gasteiger partial charge < -0.3 is 10.2 Å². The molecule has 30 heavy (non-hydrogen) atoms. The van der Waals surface area contributed by atoms with Gasteiger partial charge in [-0.05, 0) is 48.8 Å². The molecule has 1 amide bonds. The fourth-order valence-electron chi connectivity index (χ4n) is 4.00. The highest BCUT2D eigenvalue weighted by Gasteiger charge is 2.31. The van der Waals surface area contributed by atoms with Crippen molar-refractivity contribution in [1.82, 2.24) is 14.6 Å². The van der Waals surface area contributed by atoms with Gasteiger partial charge in [0.05, 0.1) is 0 Å². The van der Waals surface area contributed by atoms with E-state index in [9.17, 15) is 13.2 Å². The van der Waals surface area contributed by atoms with Gasteiger partial charge in [-0.2, -0.15) is 4.31 Å². The predicted molar refractivity (Wildman–Crippen MR) is 118 cm³/mol. The molecule has 162 valence electrons. The number of rotatable bonds is 6. The quantitative estimate of drug-likeness (QED) is 0.734. The number of amides is 1. The maximum absolute atomic E-state index is 12.8. The third-order valence-corrected chi connectivity index (χ3v) is 8.69. The highest BCUT2D eigenvalue weighted by atomic mass is 32.2. The zero-order valence-corrected chi connectivity index (χ0v) is 18.7. The summed E-state index contributed by atoms with van der Waals surface area (Å²) in [4.78, 5) is 19.9. The zero-order chi connectivity index (χ0) is 21.0. The second-order valence-corrected chi connectivity index (χ2v) is 10.7. The molecular weight excluding hydrogens is 420 g/mol. The van der Waals surface area contributed by atoms with Gasteiger partial charge in [0, 0.05) is 38.9 Å². The highest BCUT2D eigenvalue weighted by Crippen LogP contribution is 2.27. The molecule has 2 saturated heterocycles. The van der Waals surface area contributed by atoms with Gasteiger partial charge in [-0.3, -0.25) is 4.79 Å². The van der Waals surface area contributed by atoms with Crippen molar-refractivity contribution in [2.75, 3.05) is 31.1 Å². The molecule has 0 aliphatic carbocycles. The molecule has 0 bridgehead atoms. The van der Waals surface area contributed by atoms with Gasteiger partial charge >= 0.3 is 0 Å². The number of nitrogens with one attached hydrogen (secondary N) is 1. The number of hydrogen-bond acceptors (Lipinski definition) is 6. The minimum absolute atomic E-state index is 0.113. The van der Waals surface area contributed by atoms with E-state index in [-0.39, 0.29) is 15.7 Å². The Kier molecular flexibility index (Phi) is 6.70. The molecule has 4 heterocycles. The number of pyridine rings is 1. The molecule has 0 spiro atoms. The van der Waals surface area contributed by atoms with Gasteiger partial charge in [-0.15, -0.1) is 11.3 Å². The lowest BCUT2D eigenvalue weighted by atomic mass is 10.2. The fourth-order valence-corrected chi connectivity index (χ4v) is 6.84. The van der Waals surface area contributed by atoms with E-state index in [0.717, 1.165) is 48.6 Å². The molecule has 2 aliphatic heterocycles. The number of aromatic nitrogens is 1. The van der Waals surface area contributed by atoms with Crippen LogP contribution in [0.1, 0.15) is 53.8 Å². The van der Waals surface area contributed by atoms with Crippen molar-refractivity contribution in [3.05, 3.63) is 40.2 Å². The standard InChI is InChI=1S/C21H28N4O3S2/c26-21(20-18(9-14-29-20)30(27,28)25-12-5-6-13-25)23-16-17-7-8-19(22-15-17)24-10-3-1-2-4-11-24/h7-9,14-15H,1-6,10-13,16H2,(H,23,26). The van der Waals surface area contributed by atoms with Gasteiger partial charge in [0.25, 0.3) is 5.91 Å². The Balaban J connectivity index is 1.39. The lowest BCUT2D eigenvalue weighted by molar-refractivity contribution is 0.0952. The van der Waals surface area contributed by atoms with Crippen molar-refractivity contribution in [2.24, 2.45) is 0 Å². The number of nitrogens with zero attached hydrogens (tertiary/aromatic N) is 3. The molecule has 0 saturated carbocycles. The Bertz CT molecular complexity index is 958. The molecule has 2 aliphatic rings. The van der Waals surface area contributed by atoms with Crippen LogP contribution in [0.4, 0.5) is 5.82 Å². The van der Waals surface area contributed by atoms with Crippen LogP contribution in [0.3, 0.4) is 0 Å². The molecule has 2 aromatic heterocycles. The third-order valence-electron chi connectivity index (χ3n) is 5.71. The number of anilines is 1. The van der Waals surface area contributed by atoms with Crippen LogP contribution in [0.2, 0.25) is 0 Å². The number of carbonyl (C=O) groups excluding carboxylic acids is 1. The molecule has 0 aromatic carbocycles. The molecule has 4 rings (SSSR count). The van der Waals surface area contributed by atoms with E-state index in [1.807, 2.05) is 12.1 Å². The summed E-state index contributed by atoms with van der Waals surface area (Å²) in [6.07, 6.45) is 8.47. The first-order valence-electron chi connectivity index (χ1n) is 10.6. The minimum atomic E-state index is -3.61. The van der Waals surface area contributed by atoms with Crippen molar-refractivity contribution < 1.29 is 13.2 Å². The van der Waals surface area contributed by atoms with Crippen molar-refractivity contribution in [2.45, 2.75) is 50.0 Å². The zero-order valence-electron chi connectivity index (χ0n) is 17.0. The van der Waals surface area contributed by atoms with Gasteiger partial charge in [-0.25, -0.2) is 13.4 Å². The maximum atomic E-state index is 12.8. The number of carbonyl (C=O) groups is 1. The van der Waals surface area contributed by atoms with E-state index < -0.39 is 10.0 Å². The van der Waals surface area contributed by atoms with Crippen molar-refractivity contribution in [3.8, 4) is 0 Å². The van der Waals surface area contributed by atoms with Gasteiger partial charge in [0.2, 0.25) is 10.0 Å². The number of thiophene rings is 1. The Morgan fingerprint density at radius 2 is 1.70 bits per heavy atom. The fraction of sp³-hybridized carbons (Fsp3) is 0.524. The Labute approximate surface area is 182 Å². The number of hydrogen-bond donors (Lipinski definition) is 1. The molecule has 9 heteroatoms. The van der Waals surface area contributed by atoms with Gasteiger partial charge in [0.15, 0.2) is 0 Å². The summed E-state index contributed by atoms with van der Waals surface area (Å²) in [5.74, 6) is 0.614. The SMILES string of the molecule is O=C(NCc1ccc(N2CCCCCC2)nc1)c1sccc1S(=O)(=O)N1CCCC1. The summed E-state index contributed by atoms with van der Waals surface area (Å²) in [5.41, 5.74) is 0.891. The van der Waals surface area contributed by atoms with Gasteiger partial charge in [-0.1, -0.05) is 18.9 Å². The summed E-state index contributed by atoms with van der Waals surface area (Å²) in [6.45, 7) is 3.43. The normalized spacial score (nSPS) is 18.3. The van der Waals surface area contributed by atoms with E-state index in [1.54, 1.807) is 11.6 Å². The average Bonchev–Trinajstić information content (AvgIpc) is 3.41. The summed E-state index contributed by atoms with van der Waals surface area (Å²) >= 11 is 1.16. The van der Waals surface area contributed by atoms with E-state index >= 15 is 0 Å². The first kappa shape index (κ1) is 21.3. The number of sulfonamides is 1. The summed E-state index contributed by atoms with van der Waals surface area (Å²) in [6, 6.07) is 5.51. The molecule has 2 aromatic rings. The highest BCUT2D eigenvalue weighted by molar-refractivity contribution is 7.89. The maximum Gasteiger partial charge on any atom is 0.263 e. The smallest absolute Gasteiger partial charge is 0.263 e. The monoisotopic (exact) mass is 448 g/mol.